The topological polar surface area (TPSA) is 26.3 Å². The molecule has 0 fully saturated rings. The van der Waals surface area contributed by atoms with Gasteiger partial charge >= 0.3 is 5.97 Å². The lowest BCUT2D eigenvalue weighted by molar-refractivity contribution is -0.130. The summed E-state index contributed by atoms with van der Waals surface area (Å²) in [5, 5.41) is 9.56. The second kappa shape index (κ2) is 13.6. The Morgan fingerprint density at radius 3 is 1.50 bits per heavy atom. The van der Waals surface area contributed by atoms with Gasteiger partial charge in [-0.2, -0.15) is 0 Å². The van der Waals surface area contributed by atoms with Gasteiger partial charge in [0.05, 0.1) is 0 Å². The minimum atomic E-state index is -0.315. The molecule has 0 heterocycles. The molecule has 0 aromatic heterocycles. The van der Waals surface area contributed by atoms with Gasteiger partial charge in [-0.25, -0.2) is 4.79 Å². The van der Waals surface area contributed by atoms with E-state index in [1.165, 1.54) is 90.1 Å². The van der Waals surface area contributed by atoms with Crippen molar-refractivity contribution in [2.75, 3.05) is 0 Å². The number of rotatable bonds is 14. The van der Waals surface area contributed by atoms with Crippen molar-refractivity contribution in [2.45, 2.75) is 84.0 Å². The van der Waals surface area contributed by atoms with Gasteiger partial charge in [-0.1, -0.05) is 108 Å². The molecule has 0 aliphatic heterocycles. The first-order valence-corrected chi connectivity index (χ1v) is 15.3. The first-order chi connectivity index (χ1) is 19.6. The van der Waals surface area contributed by atoms with Crippen LogP contribution in [0.25, 0.3) is 43.1 Å². The summed E-state index contributed by atoms with van der Waals surface area (Å²) in [5.74, 6) is 0.258. The van der Waals surface area contributed by atoms with Crippen LogP contribution in [0.3, 0.4) is 0 Å². The Balaban J connectivity index is 1.14. The molecule has 0 aliphatic carbocycles. The molecule has 5 rings (SSSR count). The fraction of sp³-hybridized carbons (Fsp3) is 0.342. The van der Waals surface area contributed by atoms with E-state index in [0.717, 1.165) is 23.6 Å². The van der Waals surface area contributed by atoms with Crippen molar-refractivity contribution in [1.29, 1.82) is 0 Å². The van der Waals surface area contributed by atoms with Crippen LogP contribution in [0.15, 0.2) is 91.0 Å². The van der Waals surface area contributed by atoms with Crippen LogP contribution >= 0.6 is 0 Å². The van der Waals surface area contributed by atoms with E-state index in [2.05, 4.69) is 74.2 Å². The van der Waals surface area contributed by atoms with Gasteiger partial charge in [0.25, 0.3) is 0 Å². The highest BCUT2D eigenvalue weighted by Gasteiger charge is 2.11. The highest BCUT2D eigenvalue weighted by atomic mass is 16.5. The number of hydrogen-bond acceptors (Lipinski definition) is 2. The zero-order valence-corrected chi connectivity index (χ0v) is 24.0. The van der Waals surface area contributed by atoms with Crippen LogP contribution in [0.1, 0.15) is 84.0 Å². The molecule has 0 bridgehead atoms. The minimum absolute atomic E-state index is 0.315. The summed E-state index contributed by atoms with van der Waals surface area (Å²) in [7, 11) is 0. The quantitative estimate of drug-likeness (QED) is 0.0469. The zero-order chi connectivity index (χ0) is 27.7. The van der Waals surface area contributed by atoms with Crippen molar-refractivity contribution in [2.24, 2.45) is 0 Å². The average molecular weight is 531 g/mol. The highest BCUT2D eigenvalue weighted by molar-refractivity contribution is 6.08. The molecule has 40 heavy (non-hydrogen) atoms. The molecule has 0 aliphatic rings. The molecule has 0 spiro atoms. The van der Waals surface area contributed by atoms with Gasteiger partial charge in [0.2, 0.25) is 0 Å². The summed E-state index contributed by atoms with van der Waals surface area (Å²) in [6.07, 6.45) is 14.9. The molecule has 2 heteroatoms. The van der Waals surface area contributed by atoms with Gasteiger partial charge in [-0.05, 0) is 104 Å². The van der Waals surface area contributed by atoms with Crippen molar-refractivity contribution < 1.29 is 9.53 Å². The normalized spacial score (nSPS) is 11.5. The third-order valence-corrected chi connectivity index (χ3v) is 8.17. The summed E-state index contributed by atoms with van der Waals surface area (Å²) >= 11 is 0. The maximum absolute atomic E-state index is 12.7. The van der Waals surface area contributed by atoms with E-state index < -0.39 is 0 Å². The Morgan fingerprint density at radius 1 is 0.550 bits per heavy atom. The molecule has 0 N–H and O–H groups in total. The van der Waals surface area contributed by atoms with Crippen LogP contribution in [0.2, 0.25) is 0 Å². The van der Waals surface area contributed by atoms with Crippen LogP contribution in [0, 0.1) is 0 Å². The predicted molar refractivity (Wildman–Crippen MR) is 172 cm³/mol. The number of hydrogen-bond donors (Lipinski definition) is 0. The van der Waals surface area contributed by atoms with Crippen LogP contribution in [0.4, 0.5) is 0 Å². The summed E-state index contributed by atoms with van der Waals surface area (Å²) in [4.78, 5) is 12.7. The summed E-state index contributed by atoms with van der Waals surface area (Å²) in [6.45, 7) is 6.28. The van der Waals surface area contributed by atoms with Crippen molar-refractivity contribution in [3.05, 3.63) is 91.0 Å². The average Bonchev–Trinajstić information content (AvgIpc) is 2.96. The summed E-state index contributed by atoms with van der Waals surface area (Å²) in [6, 6.07) is 27.8. The van der Waals surface area contributed by atoms with Crippen LogP contribution in [-0.2, 0) is 4.79 Å². The second-order valence-electron chi connectivity index (χ2n) is 11.4. The van der Waals surface area contributed by atoms with Crippen molar-refractivity contribution in [3.8, 4) is 5.75 Å². The standard InChI is InChI=1S/C38H42O2/c1-3-4-5-6-7-8-9-10-11-12-13-16-28(2)38(39)40-37-20-19-31-23-34-24-32-21-29-17-14-15-18-30(29)22-33(32)25-35(34)26-36(31)27-37/h14-15,17-27H,2-13,16H2,1H3. The lowest BCUT2D eigenvalue weighted by atomic mass is 9.97. The number of carbonyl (C=O) groups excluding carboxylic acids is 1. The number of esters is 1. The number of carbonyl (C=O) groups is 1. The van der Waals surface area contributed by atoms with Gasteiger partial charge < -0.3 is 4.74 Å². The van der Waals surface area contributed by atoms with Gasteiger partial charge in [-0.3, -0.25) is 0 Å². The molecule has 206 valence electrons. The number of benzene rings is 5. The zero-order valence-electron chi connectivity index (χ0n) is 24.0. The van der Waals surface area contributed by atoms with Crippen LogP contribution in [-0.4, -0.2) is 5.97 Å². The number of ether oxygens (including phenoxy) is 1. The maximum Gasteiger partial charge on any atom is 0.338 e. The Kier molecular flexibility index (Phi) is 9.50. The fourth-order valence-corrected chi connectivity index (χ4v) is 5.77. The Labute approximate surface area is 239 Å². The molecule has 5 aromatic rings. The lowest BCUT2D eigenvalue weighted by Crippen LogP contribution is -2.10. The van der Waals surface area contributed by atoms with E-state index in [4.69, 9.17) is 4.74 Å². The third-order valence-electron chi connectivity index (χ3n) is 8.17. The molecule has 0 unspecified atom stereocenters. The van der Waals surface area contributed by atoms with Crippen LogP contribution in [0.5, 0.6) is 5.75 Å². The SMILES string of the molecule is C=C(CCCCCCCCCCCCC)C(=O)Oc1ccc2cc3cc4cc5ccccc5cc4cc3cc2c1. The van der Waals surface area contributed by atoms with Crippen molar-refractivity contribution in [1.82, 2.24) is 0 Å². The molecule has 2 nitrogen and oxygen atoms in total. The van der Waals surface area contributed by atoms with E-state index in [0.29, 0.717) is 17.7 Å². The predicted octanol–water partition coefficient (Wildman–Crippen LogP) is 11.5. The van der Waals surface area contributed by atoms with Crippen molar-refractivity contribution in [3.63, 3.8) is 0 Å². The second-order valence-corrected chi connectivity index (χ2v) is 11.4. The van der Waals surface area contributed by atoms with E-state index in [-0.39, 0.29) is 5.97 Å². The van der Waals surface area contributed by atoms with E-state index in [1.807, 2.05) is 18.2 Å². The van der Waals surface area contributed by atoms with E-state index in [9.17, 15) is 4.79 Å². The van der Waals surface area contributed by atoms with Gasteiger partial charge in [0.1, 0.15) is 5.75 Å². The molecule has 0 amide bonds. The molecule has 0 saturated heterocycles. The number of unbranched alkanes of at least 4 members (excludes halogenated alkanes) is 10. The van der Waals surface area contributed by atoms with Crippen molar-refractivity contribution >= 4 is 49.1 Å². The Bertz CT molecular complexity index is 1630. The first kappa shape index (κ1) is 27.9. The van der Waals surface area contributed by atoms with Gasteiger partial charge in [-0.15, -0.1) is 0 Å². The minimum Gasteiger partial charge on any atom is -0.423 e. The fourth-order valence-electron chi connectivity index (χ4n) is 5.77. The largest absolute Gasteiger partial charge is 0.423 e. The number of fused-ring (bicyclic) bond motifs is 4. The Hall–Kier alpha value is -3.65. The van der Waals surface area contributed by atoms with E-state index in [1.54, 1.807) is 0 Å². The molecule has 0 radical (unpaired) electrons. The highest BCUT2D eigenvalue weighted by Crippen LogP contribution is 2.31. The molecule has 0 atom stereocenters. The monoisotopic (exact) mass is 530 g/mol. The molecule has 0 saturated carbocycles. The van der Waals surface area contributed by atoms with Gasteiger partial charge in [0.15, 0.2) is 0 Å². The molecular weight excluding hydrogens is 488 g/mol. The maximum atomic E-state index is 12.7. The van der Waals surface area contributed by atoms with Gasteiger partial charge in [0, 0.05) is 5.57 Å². The first-order valence-electron chi connectivity index (χ1n) is 15.3. The van der Waals surface area contributed by atoms with Crippen LogP contribution < -0.4 is 4.74 Å². The summed E-state index contributed by atoms with van der Waals surface area (Å²) < 4.78 is 5.73. The lowest BCUT2D eigenvalue weighted by Gasteiger charge is -2.10. The van der Waals surface area contributed by atoms with E-state index >= 15 is 0 Å². The molecular formula is C38H42O2. The molecule has 5 aromatic carbocycles. The Morgan fingerprint density at radius 2 is 0.975 bits per heavy atom. The smallest absolute Gasteiger partial charge is 0.338 e. The summed E-state index contributed by atoms with van der Waals surface area (Å²) in [5.41, 5.74) is 0.563. The third kappa shape index (κ3) is 7.10.